The van der Waals surface area contributed by atoms with Crippen molar-refractivity contribution < 1.29 is 4.79 Å². The van der Waals surface area contributed by atoms with Crippen LogP contribution in [0.1, 0.15) is 37.7 Å². The molecular weight excluding hydrogens is 418 g/mol. The van der Waals surface area contributed by atoms with E-state index in [1.807, 2.05) is 42.5 Å². The van der Waals surface area contributed by atoms with E-state index in [1.54, 1.807) is 4.57 Å². The van der Waals surface area contributed by atoms with Gasteiger partial charge in [-0.05, 0) is 56.2 Å². The smallest absolute Gasteiger partial charge is 0.262 e. The monoisotopic (exact) mass is 447 g/mol. The Morgan fingerprint density at radius 3 is 2.66 bits per heavy atom. The molecular formula is C26H29N3O2S. The highest BCUT2D eigenvalue weighted by atomic mass is 32.2. The minimum atomic E-state index is -0.0464. The number of benzene rings is 2. The predicted octanol–water partition coefficient (Wildman–Crippen LogP) is 4.74. The van der Waals surface area contributed by atoms with Gasteiger partial charge in [0.2, 0.25) is 5.91 Å². The molecule has 166 valence electrons. The average Bonchev–Trinajstić information content (AvgIpc) is 2.83. The molecule has 1 amide bonds. The number of rotatable bonds is 9. The van der Waals surface area contributed by atoms with E-state index in [-0.39, 0.29) is 17.2 Å². The van der Waals surface area contributed by atoms with Gasteiger partial charge >= 0.3 is 0 Å². The average molecular weight is 448 g/mol. The zero-order chi connectivity index (χ0) is 22.2. The quantitative estimate of drug-likeness (QED) is 0.292. The van der Waals surface area contributed by atoms with E-state index in [4.69, 9.17) is 4.98 Å². The van der Waals surface area contributed by atoms with Crippen LogP contribution < -0.4 is 10.9 Å². The first-order chi connectivity index (χ1) is 15.7. The molecule has 4 rings (SSSR count). The number of allylic oxidation sites excluding steroid dienone is 2. The highest BCUT2D eigenvalue weighted by Gasteiger charge is 2.14. The largest absolute Gasteiger partial charge is 0.355 e. The summed E-state index contributed by atoms with van der Waals surface area (Å²) in [6.07, 6.45) is 8.69. The molecule has 0 radical (unpaired) electrons. The molecule has 0 unspecified atom stereocenters. The molecule has 0 saturated carbocycles. The maximum absolute atomic E-state index is 13.2. The third-order valence-corrected chi connectivity index (χ3v) is 6.76. The zero-order valence-electron chi connectivity index (χ0n) is 18.3. The summed E-state index contributed by atoms with van der Waals surface area (Å²) < 4.78 is 1.75. The lowest BCUT2D eigenvalue weighted by atomic mass is 9.97. The first-order valence-corrected chi connectivity index (χ1v) is 12.3. The summed E-state index contributed by atoms with van der Waals surface area (Å²) in [5.74, 6) is 0.192. The van der Waals surface area contributed by atoms with Gasteiger partial charge in [-0.2, -0.15) is 0 Å². The highest BCUT2D eigenvalue weighted by Crippen LogP contribution is 2.23. The van der Waals surface area contributed by atoms with E-state index >= 15 is 0 Å². The second-order valence-electron chi connectivity index (χ2n) is 8.10. The van der Waals surface area contributed by atoms with Crippen LogP contribution in [0, 0.1) is 0 Å². The molecule has 5 nitrogen and oxygen atoms in total. The Labute approximate surface area is 192 Å². The standard InChI is InChI=1S/C26H29N3O2S/c30-24(27-17-15-20-9-3-1-4-10-20)19-32-26-28-23-14-8-7-13-22(23)25(31)29(26)18-16-21-11-5-2-6-12-21/h1,3-4,7-11,13-14H,2,5-6,12,15-19H2,(H,27,30). The fraction of sp³-hybridized carbons (Fsp3) is 0.346. The van der Waals surface area contributed by atoms with Crippen molar-refractivity contribution in [1.29, 1.82) is 0 Å². The molecule has 2 aromatic carbocycles. The molecule has 6 heteroatoms. The number of hydrogen-bond donors (Lipinski definition) is 1. The SMILES string of the molecule is O=C(CSc1nc2ccccc2c(=O)n1CCC1=CCCCC1)NCCc1ccccc1. The minimum Gasteiger partial charge on any atom is -0.355 e. The number of para-hydroxylation sites is 1. The molecule has 0 aliphatic heterocycles. The van der Waals surface area contributed by atoms with E-state index in [9.17, 15) is 9.59 Å². The molecule has 3 aromatic rings. The maximum atomic E-state index is 13.2. The Balaban J connectivity index is 1.43. The summed E-state index contributed by atoms with van der Waals surface area (Å²) >= 11 is 1.34. The summed E-state index contributed by atoms with van der Waals surface area (Å²) in [6, 6.07) is 17.5. The molecule has 1 heterocycles. The van der Waals surface area contributed by atoms with Crippen molar-refractivity contribution in [2.75, 3.05) is 12.3 Å². The van der Waals surface area contributed by atoms with E-state index < -0.39 is 0 Å². The Kier molecular flexibility index (Phi) is 7.77. The number of nitrogens with one attached hydrogen (secondary N) is 1. The third-order valence-electron chi connectivity index (χ3n) is 5.78. The Morgan fingerprint density at radius 1 is 1.03 bits per heavy atom. The third kappa shape index (κ3) is 5.88. The van der Waals surface area contributed by atoms with Crippen LogP contribution in [0.5, 0.6) is 0 Å². The number of aromatic nitrogens is 2. The predicted molar refractivity (Wildman–Crippen MR) is 131 cm³/mol. The maximum Gasteiger partial charge on any atom is 0.262 e. The molecule has 1 N–H and O–H groups in total. The van der Waals surface area contributed by atoms with Gasteiger partial charge in [0.1, 0.15) is 0 Å². The number of fused-ring (bicyclic) bond motifs is 1. The van der Waals surface area contributed by atoms with Crippen molar-refractivity contribution in [1.82, 2.24) is 14.9 Å². The van der Waals surface area contributed by atoms with Crippen molar-refractivity contribution >= 4 is 28.6 Å². The van der Waals surface area contributed by atoms with Crippen LogP contribution in [0.2, 0.25) is 0 Å². The summed E-state index contributed by atoms with van der Waals surface area (Å²) in [5, 5.41) is 4.21. The van der Waals surface area contributed by atoms with Crippen LogP contribution in [0.25, 0.3) is 10.9 Å². The summed E-state index contributed by atoms with van der Waals surface area (Å²) in [6.45, 7) is 1.19. The van der Waals surface area contributed by atoms with Crippen LogP contribution in [0.4, 0.5) is 0 Å². The van der Waals surface area contributed by atoms with Crippen molar-refractivity contribution in [3.8, 4) is 0 Å². The molecule has 0 atom stereocenters. The van der Waals surface area contributed by atoms with Crippen LogP contribution in [-0.4, -0.2) is 27.8 Å². The molecule has 0 spiro atoms. The van der Waals surface area contributed by atoms with Gasteiger partial charge in [0.15, 0.2) is 5.16 Å². The van der Waals surface area contributed by atoms with Crippen LogP contribution in [0.15, 0.2) is 76.2 Å². The fourth-order valence-electron chi connectivity index (χ4n) is 4.01. The van der Waals surface area contributed by atoms with Crippen LogP contribution >= 0.6 is 11.8 Å². The molecule has 1 aromatic heterocycles. The second-order valence-corrected chi connectivity index (χ2v) is 9.04. The molecule has 0 bridgehead atoms. The number of amides is 1. The van der Waals surface area contributed by atoms with E-state index in [0.717, 1.165) is 25.7 Å². The lowest BCUT2D eigenvalue weighted by Crippen LogP contribution is -2.28. The van der Waals surface area contributed by atoms with Crippen molar-refractivity contribution in [3.05, 3.63) is 82.2 Å². The highest BCUT2D eigenvalue weighted by molar-refractivity contribution is 7.99. The molecule has 32 heavy (non-hydrogen) atoms. The summed E-state index contributed by atoms with van der Waals surface area (Å²) in [4.78, 5) is 30.3. The van der Waals surface area contributed by atoms with Gasteiger partial charge in [-0.1, -0.05) is 65.9 Å². The minimum absolute atomic E-state index is 0.0287. The first kappa shape index (κ1) is 22.3. The number of hydrogen-bond acceptors (Lipinski definition) is 4. The first-order valence-electron chi connectivity index (χ1n) is 11.3. The Hall–Kier alpha value is -2.86. The van der Waals surface area contributed by atoms with E-state index in [0.29, 0.717) is 29.1 Å². The van der Waals surface area contributed by atoms with Gasteiger partial charge < -0.3 is 5.32 Å². The zero-order valence-corrected chi connectivity index (χ0v) is 19.1. The topological polar surface area (TPSA) is 64.0 Å². The van der Waals surface area contributed by atoms with E-state index in [2.05, 4.69) is 23.5 Å². The van der Waals surface area contributed by atoms with Gasteiger partial charge in [0, 0.05) is 13.1 Å². The number of nitrogens with zero attached hydrogens (tertiary/aromatic N) is 2. The number of carbonyl (C=O) groups excluding carboxylic acids is 1. The molecule has 1 aliphatic carbocycles. The molecule has 0 saturated heterocycles. The molecule has 1 aliphatic rings. The van der Waals surface area contributed by atoms with Gasteiger partial charge in [-0.25, -0.2) is 4.98 Å². The van der Waals surface area contributed by atoms with Crippen LogP contribution in [0.3, 0.4) is 0 Å². The molecule has 0 fully saturated rings. The van der Waals surface area contributed by atoms with Gasteiger partial charge in [0.25, 0.3) is 5.56 Å². The van der Waals surface area contributed by atoms with Crippen molar-refractivity contribution in [3.63, 3.8) is 0 Å². The Morgan fingerprint density at radius 2 is 1.84 bits per heavy atom. The van der Waals surface area contributed by atoms with Gasteiger partial charge in [-0.15, -0.1) is 0 Å². The number of carbonyl (C=O) groups is 1. The van der Waals surface area contributed by atoms with Crippen molar-refractivity contribution in [2.24, 2.45) is 0 Å². The normalized spacial score (nSPS) is 13.7. The van der Waals surface area contributed by atoms with E-state index in [1.165, 1.54) is 35.7 Å². The van der Waals surface area contributed by atoms with Gasteiger partial charge in [0.05, 0.1) is 16.7 Å². The summed E-state index contributed by atoms with van der Waals surface area (Å²) in [7, 11) is 0. The Bertz CT molecular complexity index is 1150. The lowest BCUT2D eigenvalue weighted by molar-refractivity contribution is -0.118. The van der Waals surface area contributed by atoms with Gasteiger partial charge in [-0.3, -0.25) is 14.2 Å². The summed E-state index contributed by atoms with van der Waals surface area (Å²) in [5.41, 5.74) is 3.27. The van der Waals surface area contributed by atoms with Crippen LogP contribution in [-0.2, 0) is 17.8 Å². The van der Waals surface area contributed by atoms with Crippen molar-refractivity contribution in [2.45, 2.75) is 50.2 Å². The fourth-order valence-corrected chi connectivity index (χ4v) is 4.87. The second kappa shape index (κ2) is 11.1. The lowest BCUT2D eigenvalue weighted by Gasteiger charge is -2.16. The number of thioether (sulfide) groups is 1.